The number of ether oxygens (including phenoxy) is 2. The third-order valence-electron chi connectivity index (χ3n) is 4.96. The van der Waals surface area contributed by atoms with E-state index >= 15 is 0 Å². The van der Waals surface area contributed by atoms with Crippen LogP contribution in [0.1, 0.15) is 11.1 Å². The maximum absolute atomic E-state index is 13.5. The predicted molar refractivity (Wildman–Crippen MR) is 123 cm³/mol. The van der Waals surface area contributed by atoms with Crippen molar-refractivity contribution in [2.75, 3.05) is 20.5 Å². The molecule has 1 unspecified atom stereocenters. The van der Waals surface area contributed by atoms with E-state index in [-0.39, 0.29) is 17.6 Å². The number of fused-ring (bicyclic) bond motifs is 1. The standard InChI is InChI=1S/C22H21N3O4S2/c1-13-7-5-6-8-16(13)19-24-20-18(23-22(30-20)31(4)27)21(26)25(19)12-14-9-10-15(28-2)11-17(14)29-3/h5-11H,12H2,1-4H3. The van der Waals surface area contributed by atoms with Crippen molar-refractivity contribution in [1.82, 2.24) is 14.5 Å². The van der Waals surface area contributed by atoms with E-state index < -0.39 is 11.2 Å². The highest BCUT2D eigenvalue weighted by Crippen LogP contribution is 2.29. The monoisotopic (exact) mass is 455 g/mol. The van der Waals surface area contributed by atoms with Crippen LogP contribution in [-0.2, 0) is 17.7 Å². The van der Waals surface area contributed by atoms with Gasteiger partial charge in [0.05, 0.1) is 20.8 Å². The van der Waals surface area contributed by atoms with E-state index in [4.69, 9.17) is 14.5 Å². The Hall–Kier alpha value is -2.88. The molecule has 0 spiro atoms. The van der Waals surface area contributed by atoms with E-state index in [9.17, 15) is 9.35 Å². The highest BCUT2D eigenvalue weighted by Gasteiger charge is 2.22. The number of thiazole rings is 1. The van der Waals surface area contributed by atoms with Crippen LogP contribution in [0.3, 0.4) is 0 Å². The molecule has 7 nitrogen and oxygen atoms in total. The zero-order chi connectivity index (χ0) is 22.1. The van der Waals surface area contributed by atoms with E-state index in [1.165, 1.54) is 11.3 Å². The Kier molecular flexibility index (Phi) is 5.99. The fourth-order valence-corrected chi connectivity index (χ4v) is 4.93. The molecule has 2 aromatic carbocycles. The molecule has 1 atom stereocenters. The van der Waals surface area contributed by atoms with Crippen LogP contribution in [0.5, 0.6) is 11.5 Å². The van der Waals surface area contributed by atoms with Crippen LogP contribution in [0.4, 0.5) is 0 Å². The molecular formula is C22H21N3O4S2. The van der Waals surface area contributed by atoms with E-state index in [1.807, 2.05) is 43.3 Å². The summed E-state index contributed by atoms with van der Waals surface area (Å²) < 4.78 is 24.7. The first-order valence-electron chi connectivity index (χ1n) is 9.44. The quantitative estimate of drug-likeness (QED) is 0.413. The number of aromatic nitrogens is 3. The van der Waals surface area contributed by atoms with Gasteiger partial charge in [0.25, 0.3) is 5.56 Å². The lowest BCUT2D eigenvalue weighted by molar-refractivity contribution is 0.390. The summed E-state index contributed by atoms with van der Waals surface area (Å²) in [7, 11) is 3.17. The third kappa shape index (κ3) is 4.04. The van der Waals surface area contributed by atoms with Gasteiger partial charge in [0.2, 0.25) is 0 Å². The molecule has 0 bridgehead atoms. The SMILES string of the molecule is COc1ccc(Cn2c(-c3ccccc3C)nc3sc([S+](C)[O-])nc3c2=O)c(OC)c1. The van der Waals surface area contributed by atoms with Gasteiger partial charge in [-0.25, -0.2) is 4.98 Å². The Balaban J connectivity index is 1.96. The van der Waals surface area contributed by atoms with E-state index in [0.29, 0.717) is 26.5 Å². The second-order valence-corrected chi connectivity index (χ2v) is 9.44. The molecule has 0 radical (unpaired) electrons. The number of methoxy groups -OCH3 is 2. The third-order valence-corrected chi connectivity index (χ3v) is 7.24. The molecule has 31 heavy (non-hydrogen) atoms. The van der Waals surface area contributed by atoms with Gasteiger partial charge in [-0.2, -0.15) is 4.98 Å². The second-order valence-electron chi connectivity index (χ2n) is 6.91. The number of nitrogens with zero attached hydrogens (tertiary/aromatic N) is 3. The van der Waals surface area contributed by atoms with Crippen molar-refractivity contribution in [2.45, 2.75) is 17.8 Å². The van der Waals surface area contributed by atoms with Gasteiger partial charge in [-0.3, -0.25) is 9.36 Å². The van der Waals surface area contributed by atoms with Gasteiger partial charge in [0.15, 0.2) is 10.3 Å². The molecule has 0 aliphatic rings. The summed E-state index contributed by atoms with van der Waals surface area (Å²) >= 11 is -0.109. The summed E-state index contributed by atoms with van der Waals surface area (Å²) in [6, 6.07) is 13.2. The maximum atomic E-state index is 13.5. The fourth-order valence-electron chi connectivity index (χ4n) is 3.34. The Morgan fingerprint density at radius 1 is 1.13 bits per heavy atom. The van der Waals surface area contributed by atoms with E-state index in [2.05, 4.69) is 4.98 Å². The summed E-state index contributed by atoms with van der Waals surface area (Å²) in [5.74, 6) is 1.80. The topological polar surface area (TPSA) is 89.3 Å². The molecular weight excluding hydrogens is 434 g/mol. The maximum Gasteiger partial charge on any atom is 0.304 e. The van der Waals surface area contributed by atoms with Crippen molar-refractivity contribution in [2.24, 2.45) is 0 Å². The van der Waals surface area contributed by atoms with Gasteiger partial charge < -0.3 is 14.0 Å². The number of aryl methyl sites for hydroxylation is 1. The smallest absolute Gasteiger partial charge is 0.304 e. The van der Waals surface area contributed by atoms with Gasteiger partial charge in [0.1, 0.15) is 23.6 Å². The van der Waals surface area contributed by atoms with Crippen molar-refractivity contribution in [3.8, 4) is 22.9 Å². The summed E-state index contributed by atoms with van der Waals surface area (Å²) in [5.41, 5.74) is 2.58. The van der Waals surface area contributed by atoms with Gasteiger partial charge in [0, 0.05) is 28.4 Å². The van der Waals surface area contributed by atoms with Gasteiger partial charge >= 0.3 is 4.34 Å². The predicted octanol–water partition coefficient (Wildman–Crippen LogP) is 3.63. The molecule has 0 fully saturated rings. The minimum atomic E-state index is -1.29. The molecule has 9 heteroatoms. The average molecular weight is 456 g/mol. The number of rotatable bonds is 6. The minimum Gasteiger partial charge on any atom is -0.610 e. The largest absolute Gasteiger partial charge is 0.610 e. The molecule has 0 saturated carbocycles. The van der Waals surface area contributed by atoms with E-state index in [0.717, 1.165) is 16.7 Å². The first-order valence-corrected chi connectivity index (χ1v) is 11.8. The van der Waals surface area contributed by atoms with Crippen LogP contribution in [-0.4, -0.2) is 39.6 Å². The van der Waals surface area contributed by atoms with Crippen LogP contribution in [0, 0.1) is 6.92 Å². The highest BCUT2D eigenvalue weighted by molar-refractivity contribution is 7.92. The lowest BCUT2D eigenvalue weighted by atomic mass is 10.1. The lowest BCUT2D eigenvalue weighted by Crippen LogP contribution is -2.24. The van der Waals surface area contributed by atoms with Gasteiger partial charge in [-0.05, 0) is 36.0 Å². The first-order chi connectivity index (χ1) is 14.9. The summed E-state index contributed by atoms with van der Waals surface area (Å²) in [6.45, 7) is 2.21. The van der Waals surface area contributed by atoms with Gasteiger partial charge in [-0.15, -0.1) is 0 Å². The molecule has 4 aromatic rings. The van der Waals surface area contributed by atoms with Crippen LogP contribution in [0.15, 0.2) is 51.6 Å². The second kappa shape index (κ2) is 8.70. The Morgan fingerprint density at radius 3 is 2.58 bits per heavy atom. The Morgan fingerprint density at radius 2 is 1.90 bits per heavy atom. The number of benzene rings is 2. The molecule has 2 aromatic heterocycles. The highest BCUT2D eigenvalue weighted by atomic mass is 32.2. The van der Waals surface area contributed by atoms with E-state index in [1.54, 1.807) is 31.1 Å². The Bertz CT molecular complexity index is 1310. The van der Waals surface area contributed by atoms with Crippen molar-refractivity contribution in [3.05, 3.63) is 63.9 Å². The molecule has 4 rings (SSSR count). The molecule has 0 saturated heterocycles. The van der Waals surface area contributed by atoms with Crippen molar-refractivity contribution in [1.29, 1.82) is 0 Å². The molecule has 0 amide bonds. The van der Waals surface area contributed by atoms with Crippen molar-refractivity contribution < 1.29 is 14.0 Å². The lowest BCUT2D eigenvalue weighted by Gasteiger charge is -2.16. The molecule has 0 aliphatic carbocycles. The molecule has 160 valence electrons. The van der Waals surface area contributed by atoms with Crippen LogP contribution >= 0.6 is 11.3 Å². The normalized spacial score (nSPS) is 12.2. The van der Waals surface area contributed by atoms with Crippen molar-refractivity contribution in [3.63, 3.8) is 0 Å². The zero-order valence-electron chi connectivity index (χ0n) is 17.5. The number of hydrogen-bond acceptors (Lipinski definition) is 7. The molecule has 0 N–H and O–H groups in total. The van der Waals surface area contributed by atoms with Crippen LogP contribution in [0.2, 0.25) is 0 Å². The van der Waals surface area contributed by atoms with Crippen molar-refractivity contribution >= 4 is 32.9 Å². The van der Waals surface area contributed by atoms with Gasteiger partial charge in [-0.1, -0.05) is 24.3 Å². The Labute approximate surface area is 186 Å². The average Bonchev–Trinajstić information content (AvgIpc) is 3.21. The first kappa shape index (κ1) is 21.4. The molecule has 0 aliphatic heterocycles. The minimum absolute atomic E-state index is 0.222. The summed E-state index contributed by atoms with van der Waals surface area (Å²) in [5, 5.41) is 0. The van der Waals surface area contributed by atoms with Crippen LogP contribution in [0.25, 0.3) is 21.7 Å². The van der Waals surface area contributed by atoms with Crippen LogP contribution < -0.4 is 15.0 Å². The summed E-state index contributed by atoms with van der Waals surface area (Å²) in [4.78, 5) is 23.1. The summed E-state index contributed by atoms with van der Waals surface area (Å²) in [6.07, 6.45) is 1.54. The molecule has 2 heterocycles. The number of hydrogen-bond donors (Lipinski definition) is 0. The zero-order valence-corrected chi connectivity index (χ0v) is 19.2. The fraction of sp³-hybridized carbons (Fsp3) is 0.227.